The molecule has 2 N–H and O–H groups in total. The van der Waals surface area contributed by atoms with E-state index in [4.69, 9.17) is 0 Å². The molecule has 30 heavy (non-hydrogen) atoms. The molecule has 0 fully saturated rings. The molecule has 3 amide bonds. The molecule has 2 aromatic heterocycles. The number of alkyl halides is 1. The van der Waals surface area contributed by atoms with Gasteiger partial charge in [0.05, 0.1) is 5.56 Å². The number of ketones is 1. The number of thiophene rings is 1. The van der Waals surface area contributed by atoms with Gasteiger partial charge in [-0.15, -0.1) is 11.3 Å². The average Bonchev–Trinajstić information content (AvgIpc) is 3.14. The van der Waals surface area contributed by atoms with Crippen LogP contribution in [0.3, 0.4) is 0 Å². The molecule has 0 aliphatic carbocycles. The lowest BCUT2D eigenvalue weighted by molar-refractivity contribution is -0.125. The van der Waals surface area contributed by atoms with Crippen LogP contribution in [0.2, 0.25) is 0 Å². The van der Waals surface area contributed by atoms with Crippen molar-refractivity contribution in [2.24, 2.45) is 5.41 Å². The zero-order valence-electron chi connectivity index (χ0n) is 16.8. The highest BCUT2D eigenvalue weighted by Crippen LogP contribution is 2.24. The van der Waals surface area contributed by atoms with E-state index in [1.54, 1.807) is 5.38 Å². The molecule has 2 heterocycles. The number of pyridine rings is 1. The zero-order valence-corrected chi connectivity index (χ0v) is 17.6. The van der Waals surface area contributed by atoms with E-state index in [9.17, 15) is 23.6 Å². The van der Waals surface area contributed by atoms with Crippen LogP contribution in [0.4, 0.5) is 14.2 Å². The van der Waals surface area contributed by atoms with Crippen molar-refractivity contribution in [3.63, 3.8) is 0 Å². The minimum atomic E-state index is -1.08. The Morgan fingerprint density at radius 1 is 1.17 bits per heavy atom. The summed E-state index contributed by atoms with van der Waals surface area (Å²) >= 11 is 1.09. The van der Waals surface area contributed by atoms with Gasteiger partial charge < -0.3 is 10.1 Å². The Morgan fingerprint density at radius 2 is 1.90 bits per heavy atom. The van der Waals surface area contributed by atoms with Crippen molar-refractivity contribution in [2.75, 3.05) is 18.6 Å². The number of rotatable bonds is 7. The number of aromatic nitrogens is 1. The Balaban J connectivity index is 2.08. The monoisotopic (exact) mass is 435 g/mol. The third-order valence-electron chi connectivity index (χ3n) is 3.92. The van der Waals surface area contributed by atoms with E-state index in [0.717, 1.165) is 11.3 Å². The Hall–Kier alpha value is -3.14. The molecule has 0 saturated carbocycles. The number of carbonyl (C=O) groups excluding carboxylic acids is 4. The SMILES string of the molecule is CC(C)(C)C(=O)Cc1cc(C(=O)Nc2sccc2C(=O)NC(=O)OCCF)ccn1. The number of imide groups is 1. The molecule has 0 aromatic carbocycles. The normalized spacial score (nSPS) is 10.9. The number of hydrogen-bond donors (Lipinski definition) is 2. The molecule has 8 nitrogen and oxygen atoms in total. The van der Waals surface area contributed by atoms with E-state index in [2.05, 4.69) is 15.0 Å². The van der Waals surface area contributed by atoms with Crippen molar-refractivity contribution in [1.82, 2.24) is 10.3 Å². The number of carbonyl (C=O) groups is 4. The Morgan fingerprint density at radius 3 is 2.57 bits per heavy atom. The van der Waals surface area contributed by atoms with E-state index < -0.39 is 36.6 Å². The van der Waals surface area contributed by atoms with Crippen LogP contribution in [0.25, 0.3) is 0 Å². The molecule has 0 spiro atoms. The molecule has 0 aliphatic rings. The minimum Gasteiger partial charge on any atom is -0.446 e. The van der Waals surface area contributed by atoms with Gasteiger partial charge in [-0.2, -0.15) is 0 Å². The van der Waals surface area contributed by atoms with Crippen molar-refractivity contribution in [3.8, 4) is 0 Å². The maximum atomic E-state index is 12.6. The van der Waals surface area contributed by atoms with Crippen LogP contribution in [0.15, 0.2) is 29.8 Å². The first-order chi connectivity index (χ1) is 14.1. The Bertz CT molecular complexity index is 952. The number of anilines is 1. The van der Waals surface area contributed by atoms with Gasteiger partial charge in [-0.05, 0) is 23.6 Å². The molecule has 0 radical (unpaired) electrons. The first-order valence-corrected chi connectivity index (χ1v) is 9.91. The lowest BCUT2D eigenvalue weighted by Crippen LogP contribution is -2.31. The molecular weight excluding hydrogens is 413 g/mol. The van der Waals surface area contributed by atoms with Crippen LogP contribution in [-0.2, 0) is 16.0 Å². The van der Waals surface area contributed by atoms with Gasteiger partial charge in [0.15, 0.2) is 0 Å². The molecule has 0 atom stereocenters. The predicted molar refractivity (Wildman–Crippen MR) is 109 cm³/mol. The largest absolute Gasteiger partial charge is 0.446 e. The quantitative estimate of drug-likeness (QED) is 0.689. The van der Waals surface area contributed by atoms with Gasteiger partial charge in [0.2, 0.25) is 0 Å². The van der Waals surface area contributed by atoms with Gasteiger partial charge in [0.25, 0.3) is 11.8 Å². The molecule has 0 aliphatic heterocycles. The Kier molecular flexibility index (Phi) is 7.76. The van der Waals surface area contributed by atoms with Crippen LogP contribution in [0, 0.1) is 5.41 Å². The first kappa shape index (κ1) is 23.1. The third-order valence-corrected chi connectivity index (χ3v) is 4.75. The smallest absolute Gasteiger partial charge is 0.414 e. The molecule has 10 heteroatoms. The zero-order chi connectivity index (χ0) is 22.3. The summed E-state index contributed by atoms with van der Waals surface area (Å²) in [5.74, 6) is -1.30. The number of Topliss-reactive ketones (excluding diaryl/α,β-unsaturated/α-hetero) is 1. The van der Waals surface area contributed by atoms with Crippen molar-refractivity contribution in [2.45, 2.75) is 27.2 Å². The lowest BCUT2D eigenvalue weighted by Gasteiger charge is -2.16. The van der Waals surface area contributed by atoms with Gasteiger partial charge >= 0.3 is 6.09 Å². The summed E-state index contributed by atoms with van der Waals surface area (Å²) in [4.78, 5) is 52.6. The van der Waals surface area contributed by atoms with Gasteiger partial charge in [-0.1, -0.05) is 20.8 Å². The summed E-state index contributed by atoms with van der Waals surface area (Å²) in [5, 5.41) is 6.35. The molecule has 0 bridgehead atoms. The van der Waals surface area contributed by atoms with Crippen LogP contribution in [0.5, 0.6) is 0 Å². The average molecular weight is 435 g/mol. The number of nitrogens with zero attached hydrogens (tertiary/aromatic N) is 1. The maximum Gasteiger partial charge on any atom is 0.414 e. The second-order valence-corrected chi connectivity index (χ2v) is 8.20. The highest BCUT2D eigenvalue weighted by Gasteiger charge is 2.22. The standard InChI is InChI=1S/C20H22FN3O5S/c1-20(2,3)15(25)11-13-10-12(4-7-22-13)16(26)23-18-14(5-9-30-18)17(27)24-19(28)29-8-6-21/h4-5,7,9-10H,6,8,11H2,1-3H3,(H,23,26)(H,24,27,28). The molecule has 0 saturated heterocycles. The van der Waals surface area contributed by atoms with E-state index in [1.165, 1.54) is 24.4 Å². The fourth-order valence-corrected chi connectivity index (χ4v) is 3.01. The van der Waals surface area contributed by atoms with Crippen LogP contribution < -0.4 is 10.6 Å². The molecule has 2 rings (SSSR count). The highest BCUT2D eigenvalue weighted by atomic mass is 32.1. The van der Waals surface area contributed by atoms with Crippen LogP contribution in [0.1, 0.15) is 47.2 Å². The molecular formula is C20H22FN3O5S. The fourth-order valence-electron chi connectivity index (χ4n) is 2.23. The summed E-state index contributed by atoms with van der Waals surface area (Å²) in [6, 6.07) is 4.43. The second kappa shape index (κ2) is 10.1. The van der Waals surface area contributed by atoms with Crippen LogP contribution in [-0.4, -0.2) is 42.0 Å². The van der Waals surface area contributed by atoms with Crippen molar-refractivity contribution < 1.29 is 28.3 Å². The van der Waals surface area contributed by atoms with Crippen molar-refractivity contribution in [3.05, 3.63) is 46.6 Å². The van der Waals surface area contributed by atoms with E-state index in [1.807, 2.05) is 26.1 Å². The maximum absolute atomic E-state index is 12.6. The number of ether oxygens (including phenoxy) is 1. The minimum absolute atomic E-state index is 0.00980. The summed E-state index contributed by atoms with van der Waals surface area (Å²) in [6.45, 7) is 4.10. The van der Waals surface area contributed by atoms with E-state index >= 15 is 0 Å². The molecule has 0 unspecified atom stereocenters. The van der Waals surface area contributed by atoms with Gasteiger partial charge in [0.1, 0.15) is 24.1 Å². The highest BCUT2D eigenvalue weighted by molar-refractivity contribution is 7.14. The number of hydrogen-bond acceptors (Lipinski definition) is 7. The van der Waals surface area contributed by atoms with E-state index in [0.29, 0.717) is 5.69 Å². The summed E-state index contributed by atoms with van der Waals surface area (Å²) in [7, 11) is 0. The third kappa shape index (κ3) is 6.45. The number of alkyl carbamates (subject to hydrolysis) is 1. The lowest BCUT2D eigenvalue weighted by atomic mass is 9.88. The van der Waals surface area contributed by atoms with Gasteiger partial charge in [-0.3, -0.25) is 24.7 Å². The van der Waals surface area contributed by atoms with Crippen molar-refractivity contribution in [1.29, 1.82) is 0 Å². The summed E-state index contributed by atoms with van der Waals surface area (Å²) in [5.41, 5.74) is 0.263. The Labute approximate surface area is 176 Å². The topological polar surface area (TPSA) is 114 Å². The van der Waals surface area contributed by atoms with E-state index in [-0.39, 0.29) is 28.3 Å². The number of amides is 3. The van der Waals surface area contributed by atoms with Crippen LogP contribution >= 0.6 is 11.3 Å². The first-order valence-electron chi connectivity index (χ1n) is 9.03. The van der Waals surface area contributed by atoms with Gasteiger partial charge in [-0.25, -0.2) is 9.18 Å². The van der Waals surface area contributed by atoms with Crippen molar-refractivity contribution >= 4 is 40.0 Å². The number of nitrogens with one attached hydrogen (secondary N) is 2. The molecule has 160 valence electrons. The summed E-state index contributed by atoms with van der Waals surface area (Å²) < 4.78 is 16.5. The second-order valence-electron chi connectivity index (χ2n) is 7.28. The molecule has 2 aromatic rings. The fraction of sp³-hybridized carbons (Fsp3) is 0.350. The predicted octanol–water partition coefficient (Wildman–Crippen LogP) is 3.39. The summed E-state index contributed by atoms with van der Waals surface area (Å²) in [6.07, 6.45) is 0.449. The van der Waals surface area contributed by atoms with Gasteiger partial charge in [0, 0.05) is 29.3 Å². The number of halogens is 1.